The number of rotatable bonds is 4. The van der Waals surface area contributed by atoms with Crippen LogP contribution in [0.3, 0.4) is 0 Å². The molecule has 0 spiro atoms. The van der Waals surface area contributed by atoms with Crippen LogP contribution in [0.2, 0.25) is 0 Å². The van der Waals surface area contributed by atoms with Crippen molar-refractivity contribution in [3.63, 3.8) is 0 Å². The summed E-state index contributed by atoms with van der Waals surface area (Å²) in [5, 5.41) is 13.5. The maximum atomic E-state index is 9.91. The Morgan fingerprint density at radius 1 is 1.28 bits per heavy atom. The molecular weight excluding hydrogens is 222 g/mol. The van der Waals surface area contributed by atoms with E-state index in [0.717, 1.165) is 0 Å². The van der Waals surface area contributed by atoms with Crippen LogP contribution in [0, 0.1) is 5.92 Å². The zero-order valence-corrected chi connectivity index (χ0v) is 11.5. The molecule has 0 aliphatic heterocycles. The molecule has 1 aromatic rings. The molecule has 0 amide bonds. The van der Waals surface area contributed by atoms with E-state index in [1.807, 2.05) is 0 Å². The summed E-state index contributed by atoms with van der Waals surface area (Å²) in [6.45, 7) is 4.82. The van der Waals surface area contributed by atoms with Crippen molar-refractivity contribution in [2.75, 3.05) is 6.54 Å². The molecular formula is C16H25NO. The summed E-state index contributed by atoms with van der Waals surface area (Å²) < 4.78 is 0. The third kappa shape index (κ3) is 3.33. The molecule has 0 saturated carbocycles. The molecule has 2 atom stereocenters. The first-order valence-corrected chi connectivity index (χ1v) is 7.17. The van der Waals surface area contributed by atoms with Gasteiger partial charge in [-0.2, -0.15) is 0 Å². The molecule has 0 radical (unpaired) electrons. The van der Waals surface area contributed by atoms with Gasteiger partial charge < -0.3 is 10.4 Å². The van der Waals surface area contributed by atoms with Gasteiger partial charge in [0.2, 0.25) is 0 Å². The predicted octanol–water partition coefficient (Wildman–Crippen LogP) is 3.06. The number of fused-ring (bicyclic) bond motifs is 1. The van der Waals surface area contributed by atoms with Crippen molar-refractivity contribution in [1.29, 1.82) is 0 Å². The van der Waals surface area contributed by atoms with Crippen LogP contribution in [-0.2, 0) is 6.42 Å². The van der Waals surface area contributed by atoms with Gasteiger partial charge in [-0.05, 0) is 36.3 Å². The van der Waals surface area contributed by atoms with Crippen molar-refractivity contribution in [2.45, 2.75) is 51.7 Å². The van der Waals surface area contributed by atoms with Crippen molar-refractivity contribution < 1.29 is 5.11 Å². The van der Waals surface area contributed by atoms with E-state index in [1.165, 1.54) is 36.8 Å². The average molecular weight is 247 g/mol. The van der Waals surface area contributed by atoms with Gasteiger partial charge in [0.15, 0.2) is 0 Å². The molecule has 0 heterocycles. The molecule has 1 aliphatic carbocycles. The Kier molecular flexibility index (Phi) is 4.79. The lowest BCUT2D eigenvalue weighted by atomic mass is 9.98. The van der Waals surface area contributed by atoms with E-state index in [2.05, 4.69) is 43.4 Å². The van der Waals surface area contributed by atoms with E-state index in [1.54, 1.807) is 0 Å². The predicted molar refractivity (Wildman–Crippen MR) is 75.6 cm³/mol. The fourth-order valence-corrected chi connectivity index (χ4v) is 2.63. The lowest BCUT2D eigenvalue weighted by molar-refractivity contribution is 0.119. The minimum atomic E-state index is -0.250. The summed E-state index contributed by atoms with van der Waals surface area (Å²) in [5.74, 6) is 0.318. The van der Waals surface area contributed by atoms with Gasteiger partial charge in [0.25, 0.3) is 0 Å². The minimum absolute atomic E-state index is 0.250. The Hall–Kier alpha value is -0.860. The minimum Gasteiger partial charge on any atom is -0.392 e. The van der Waals surface area contributed by atoms with E-state index >= 15 is 0 Å². The molecule has 0 saturated heterocycles. The number of aryl methyl sites for hydroxylation is 1. The highest BCUT2D eigenvalue weighted by Gasteiger charge is 2.19. The molecule has 18 heavy (non-hydrogen) atoms. The quantitative estimate of drug-likeness (QED) is 0.801. The second kappa shape index (κ2) is 6.35. The molecule has 2 N–H and O–H groups in total. The van der Waals surface area contributed by atoms with E-state index < -0.39 is 0 Å². The fourth-order valence-electron chi connectivity index (χ4n) is 2.63. The van der Waals surface area contributed by atoms with Gasteiger partial charge in [-0.3, -0.25) is 0 Å². The van der Waals surface area contributed by atoms with E-state index in [4.69, 9.17) is 0 Å². The second-order valence-corrected chi connectivity index (χ2v) is 5.72. The van der Waals surface area contributed by atoms with Crippen molar-refractivity contribution in [3.05, 3.63) is 35.4 Å². The smallest absolute Gasteiger partial charge is 0.0687 e. The van der Waals surface area contributed by atoms with Crippen molar-refractivity contribution >= 4 is 0 Å². The Morgan fingerprint density at radius 3 is 2.83 bits per heavy atom. The molecule has 1 aromatic carbocycles. The third-order valence-electron chi connectivity index (χ3n) is 3.96. The van der Waals surface area contributed by atoms with Gasteiger partial charge in [0.05, 0.1) is 6.10 Å². The molecule has 0 bridgehead atoms. The van der Waals surface area contributed by atoms with Gasteiger partial charge in [0, 0.05) is 12.6 Å². The van der Waals surface area contributed by atoms with E-state index in [0.29, 0.717) is 18.5 Å². The largest absolute Gasteiger partial charge is 0.392 e. The third-order valence-corrected chi connectivity index (χ3v) is 3.96. The summed E-state index contributed by atoms with van der Waals surface area (Å²) >= 11 is 0. The fraction of sp³-hybridized carbons (Fsp3) is 0.625. The standard InChI is InChI=1S/C16H25NO/c1-12(2)16(18)11-17-15-10-6-4-8-13-7-3-5-9-14(13)15/h3,5,7,9,12,15-18H,4,6,8,10-11H2,1-2H3. The lowest BCUT2D eigenvalue weighted by Gasteiger charge is -2.22. The van der Waals surface area contributed by atoms with Crippen LogP contribution in [0.5, 0.6) is 0 Å². The molecule has 2 nitrogen and oxygen atoms in total. The Morgan fingerprint density at radius 2 is 2.06 bits per heavy atom. The second-order valence-electron chi connectivity index (χ2n) is 5.72. The number of aliphatic hydroxyl groups is 1. The Labute approximate surface area is 110 Å². The van der Waals surface area contributed by atoms with Gasteiger partial charge in [-0.1, -0.05) is 44.5 Å². The first kappa shape index (κ1) is 13.6. The first-order valence-electron chi connectivity index (χ1n) is 7.17. The highest BCUT2D eigenvalue weighted by molar-refractivity contribution is 5.31. The number of aliphatic hydroxyl groups excluding tert-OH is 1. The Balaban J connectivity index is 2.04. The van der Waals surface area contributed by atoms with Crippen molar-refractivity contribution in [3.8, 4) is 0 Å². The van der Waals surface area contributed by atoms with Crippen LogP contribution in [0.4, 0.5) is 0 Å². The molecule has 1 aliphatic rings. The topological polar surface area (TPSA) is 32.3 Å². The van der Waals surface area contributed by atoms with Crippen LogP contribution in [-0.4, -0.2) is 17.8 Å². The van der Waals surface area contributed by atoms with Gasteiger partial charge in [0.1, 0.15) is 0 Å². The maximum Gasteiger partial charge on any atom is 0.0687 e. The molecule has 2 rings (SSSR count). The molecule has 0 fully saturated rings. The Bertz CT molecular complexity index is 375. The molecule has 100 valence electrons. The molecule has 2 heteroatoms. The summed E-state index contributed by atoms with van der Waals surface area (Å²) in [6, 6.07) is 9.15. The zero-order chi connectivity index (χ0) is 13.0. The maximum absolute atomic E-state index is 9.91. The van der Waals surface area contributed by atoms with Crippen LogP contribution >= 0.6 is 0 Å². The van der Waals surface area contributed by atoms with Crippen molar-refractivity contribution in [1.82, 2.24) is 5.32 Å². The van der Waals surface area contributed by atoms with E-state index in [-0.39, 0.29) is 6.10 Å². The normalized spacial score (nSPS) is 21.4. The molecule has 0 aromatic heterocycles. The SMILES string of the molecule is CC(C)C(O)CNC1CCCCc2ccccc21. The summed E-state index contributed by atoms with van der Waals surface area (Å²) in [5.41, 5.74) is 2.91. The molecule has 2 unspecified atom stereocenters. The van der Waals surface area contributed by atoms with E-state index in [9.17, 15) is 5.11 Å². The summed E-state index contributed by atoms with van der Waals surface area (Å²) in [7, 11) is 0. The van der Waals surface area contributed by atoms with Gasteiger partial charge in [-0.15, -0.1) is 0 Å². The van der Waals surface area contributed by atoms with Gasteiger partial charge >= 0.3 is 0 Å². The lowest BCUT2D eigenvalue weighted by Crippen LogP contribution is -2.33. The number of nitrogens with one attached hydrogen (secondary N) is 1. The van der Waals surface area contributed by atoms with Crippen molar-refractivity contribution in [2.24, 2.45) is 5.92 Å². The highest BCUT2D eigenvalue weighted by Crippen LogP contribution is 2.28. The first-order chi connectivity index (χ1) is 8.68. The van der Waals surface area contributed by atoms with Gasteiger partial charge in [-0.25, -0.2) is 0 Å². The summed E-state index contributed by atoms with van der Waals surface area (Å²) in [6.07, 6.45) is 4.68. The zero-order valence-electron chi connectivity index (χ0n) is 11.5. The average Bonchev–Trinajstić information content (AvgIpc) is 2.58. The van der Waals surface area contributed by atoms with Crippen LogP contribution < -0.4 is 5.32 Å². The monoisotopic (exact) mass is 247 g/mol. The van der Waals surface area contributed by atoms with Crippen LogP contribution in [0.15, 0.2) is 24.3 Å². The number of hydrogen-bond donors (Lipinski definition) is 2. The highest BCUT2D eigenvalue weighted by atomic mass is 16.3. The van der Waals surface area contributed by atoms with Crippen LogP contribution in [0.25, 0.3) is 0 Å². The number of hydrogen-bond acceptors (Lipinski definition) is 2. The van der Waals surface area contributed by atoms with Crippen LogP contribution in [0.1, 0.15) is 50.3 Å². The summed E-state index contributed by atoms with van der Waals surface area (Å²) in [4.78, 5) is 0. The number of benzene rings is 1.